The van der Waals surface area contributed by atoms with Crippen molar-refractivity contribution < 1.29 is 13.2 Å². The zero-order valence-electron chi connectivity index (χ0n) is 12.7. The number of hydrogen-bond donors (Lipinski definition) is 0. The molecule has 1 aromatic carbocycles. The Labute approximate surface area is 131 Å². The zero-order chi connectivity index (χ0) is 16.3. The van der Waals surface area contributed by atoms with Crippen LogP contribution >= 0.6 is 0 Å². The van der Waals surface area contributed by atoms with Crippen molar-refractivity contribution in [1.29, 1.82) is 5.26 Å². The molecule has 118 valence electrons. The van der Waals surface area contributed by atoms with Crippen LogP contribution in [0.1, 0.15) is 19.4 Å². The van der Waals surface area contributed by atoms with Gasteiger partial charge in [-0.3, -0.25) is 4.79 Å². The highest BCUT2D eigenvalue weighted by atomic mass is 32.2. The number of benzene rings is 1. The van der Waals surface area contributed by atoms with Crippen LogP contribution in [-0.2, 0) is 14.8 Å². The molecule has 1 heterocycles. The number of hydrogen-bond acceptors (Lipinski definition) is 4. The molecule has 1 aliphatic rings. The van der Waals surface area contributed by atoms with Gasteiger partial charge in [-0.05, 0) is 12.1 Å². The van der Waals surface area contributed by atoms with Crippen LogP contribution in [0.15, 0.2) is 29.2 Å². The summed E-state index contributed by atoms with van der Waals surface area (Å²) in [5, 5.41) is 9.07. The highest BCUT2D eigenvalue weighted by Crippen LogP contribution is 2.21. The summed E-state index contributed by atoms with van der Waals surface area (Å²) in [6.07, 6.45) is 0. The number of nitrogens with zero attached hydrogens (tertiary/aromatic N) is 3. The summed E-state index contributed by atoms with van der Waals surface area (Å²) in [5.74, 6) is -0.0584. The summed E-state index contributed by atoms with van der Waals surface area (Å²) >= 11 is 0. The van der Waals surface area contributed by atoms with Crippen LogP contribution in [-0.4, -0.2) is 49.7 Å². The van der Waals surface area contributed by atoms with Gasteiger partial charge in [-0.1, -0.05) is 26.0 Å². The molecule has 2 rings (SSSR count). The lowest BCUT2D eigenvalue weighted by Crippen LogP contribution is -2.51. The minimum absolute atomic E-state index is 0.0288. The van der Waals surface area contributed by atoms with Gasteiger partial charge in [0.2, 0.25) is 15.9 Å². The van der Waals surface area contributed by atoms with E-state index in [1.807, 2.05) is 19.9 Å². The van der Waals surface area contributed by atoms with E-state index in [0.29, 0.717) is 13.1 Å². The van der Waals surface area contributed by atoms with Crippen molar-refractivity contribution in [3.8, 4) is 6.07 Å². The largest absolute Gasteiger partial charge is 0.340 e. The Hall–Kier alpha value is -1.91. The lowest BCUT2D eigenvalue weighted by Gasteiger charge is -2.35. The molecule has 0 bridgehead atoms. The quantitative estimate of drug-likeness (QED) is 0.833. The van der Waals surface area contributed by atoms with Gasteiger partial charge in [0.1, 0.15) is 6.07 Å². The minimum atomic E-state index is -3.70. The normalized spacial score (nSPS) is 16.5. The van der Waals surface area contributed by atoms with Crippen molar-refractivity contribution in [3.63, 3.8) is 0 Å². The molecule has 0 atom stereocenters. The molecule has 1 aromatic rings. The Kier molecular flexibility index (Phi) is 4.84. The lowest BCUT2D eigenvalue weighted by atomic mass is 10.2. The molecule has 1 saturated heterocycles. The third-order valence-electron chi connectivity index (χ3n) is 3.67. The molecular formula is C15H19N3O3S. The van der Waals surface area contributed by atoms with E-state index in [2.05, 4.69) is 0 Å². The van der Waals surface area contributed by atoms with Crippen molar-refractivity contribution >= 4 is 15.9 Å². The SMILES string of the molecule is CC(C)C(=O)N1CCN(S(=O)(=O)c2ccccc2C#N)CC1. The monoisotopic (exact) mass is 321 g/mol. The van der Waals surface area contributed by atoms with Gasteiger partial charge < -0.3 is 4.90 Å². The lowest BCUT2D eigenvalue weighted by molar-refractivity contribution is -0.135. The number of carbonyl (C=O) groups is 1. The van der Waals surface area contributed by atoms with E-state index in [4.69, 9.17) is 5.26 Å². The van der Waals surface area contributed by atoms with Gasteiger partial charge in [-0.15, -0.1) is 0 Å². The van der Waals surface area contributed by atoms with Gasteiger partial charge in [-0.2, -0.15) is 9.57 Å². The molecule has 7 heteroatoms. The Morgan fingerprint density at radius 3 is 2.32 bits per heavy atom. The van der Waals surface area contributed by atoms with E-state index >= 15 is 0 Å². The fourth-order valence-corrected chi connectivity index (χ4v) is 4.00. The molecule has 0 spiro atoms. The van der Waals surface area contributed by atoms with Crippen molar-refractivity contribution in [1.82, 2.24) is 9.21 Å². The second-order valence-corrected chi connectivity index (χ2v) is 7.40. The van der Waals surface area contributed by atoms with Crippen LogP contribution in [0.3, 0.4) is 0 Å². The maximum absolute atomic E-state index is 12.6. The molecule has 1 amide bonds. The molecule has 0 radical (unpaired) electrons. The van der Waals surface area contributed by atoms with E-state index in [9.17, 15) is 13.2 Å². The molecule has 1 fully saturated rings. The molecule has 0 unspecified atom stereocenters. The fourth-order valence-electron chi connectivity index (χ4n) is 2.44. The second kappa shape index (κ2) is 6.46. The van der Waals surface area contributed by atoms with Crippen molar-refractivity contribution in [2.24, 2.45) is 5.92 Å². The first-order valence-electron chi connectivity index (χ1n) is 7.16. The Balaban J connectivity index is 2.17. The third-order valence-corrected chi connectivity index (χ3v) is 5.63. The standard InChI is InChI=1S/C15H19N3O3S/c1-12(2)15(19)17-7-9-18(10-8-17)22(20,21)14-6-4-3-5-13(14)11-16/h3-6,12H,7-10H2,1-2H3. The maximum atomic E-state index is 12.6. The smallest absolute Gasteiger partial charge is 0.244 e. The maximum Gasteiger partial charge on any atom is 0.244 e. The Morgan fingerprint density at radius 2 is 1.77 bits per heavy atom. The fraction of sp³-hybridized carbons (Fsp3) is 0.467. The van der Waals surface area contributed by atoms with Gasteiger partial charge in [0.05, 0.1) is 10.5 Å². The number of rotatable bonds is 3. The molecule has 6 nitrogen and oxygen atoms in total. The predicted octanol–water partition coefficient (Wildman–Crippen LogP) is 1.05. The van der Waals surface area contributed by atoms with Gasteiger partial charge in [0.25, 0.3) is 0 Å². The summed E-state index contributed by atoms with van der Waals surface area (Å²) < 4.78 is 26.6. The highest BCUT2D eigenvalue weighted by molar-refractivity contribution is 7.89. The zero-order valence-corrected chi connectivity index (χ0v) is 13.5. The van der Waals surface area contributed by atoms with Crippen LogP contribution in [0.2, 0.25) is 0 Å². The van der Waals surface area contributed by atoms with Crippen LogP contribution in [0.5, 0.6) is 0 Å². The van der Waals surface area contributed by atoms with Gasteiger partial charge in [-0.25, -0.2) is 8.42 Å². The van der Waals surface area contributed by atoms with Crippen LogP contribution in [0.25, 0.3) is 0 Å². The number of carbonyl (C=O) groups excluding carboxylic acids is 1. The molecule has 0 aliphatic carbocycles. The van der Waals surface area contributed by atoms with Crippen LogP contribution < -0.4 is 0 Å². The van der Waals surface area contributed by atoms with Crippen molar-refractivity contribution in [2.45, 2.75) is 18.7 Å². The van der Waals surface area contributed by atoms with E-state index in [-0.39, 0.29) is 35.4 Å². The Morgan fingerprint density at radius 1 is 1.18 bits per heavy atom. The Bertz CT molecular complexity index is 699. The van der Waals surface area contributed by atoms with Crippen LogP contribution in [0.4, 0.5) is 0 Å². The van der Waals surface area contributed by atoms with Gasteiger partial charge in [0, 0.05) is 32.1 Å². The third kappa shape index (κ3) is 3.13. The number of piperazine rings is 1. The molecule has 22 heavy (non-hydrogen) atoms. The number of sulfonamides is 1. The van der Waals surface area contributed by atoms with E-state index in [1.165, 1.54) is 16.4 Å². The number of nitriles is 1. The molecule has 1 aliphatic heterocycles. The van der Waals surface area contributed by atoms with Crippen LogP contribution in [0, 0.1) is 17.2 Å². The average molecular weight is 321 g/mol. The topological polar surface area (TPSA) is 81.5 Å². The average Bonchev–Trinajstić information content (AvgIpc) is 2.54. The van der Waals surface area contributed by atoms with E-state index in [0.717, 1.165) is 0 Å². The predicted molar refractivity (Wildman–Crippen MR) is 81.3 cm³/mol. The first-order valence-corrected chi connectivity index (χ1v) is 8.60. The second-order valence-electron chi connectivity index (χ2n) is 5.49. The summed E-state index contributed by atoms with van der Waals surface area (Å²) in [6, 6.07) is 8.09. The first kappa shape index (κ1) is 16.5. The summed E-state index contributed by atoms with van der Waals surface area (Å²) in [5.41, 5.74) is 0.142. The summed E-state index contributed by atoms with van der Waals surface area (Å²) in [6.45, 7) is 4.92. The molecular weight excluding hydrogens is 302 g/mol. The van der Waals surface area contributed by atoms with Gasteiger partial charge >= 0.3 is 0 Å². The molecule has 0 N–H and O–H groups in total. The summed E-state index contributed by atoms with van der Waals surface area (Å²) in [7, 11) is -3.70. The van der Waals surface area contributed by atoms with Crippen molar-refractivity contribution in [2.75, 3.05) is 26.2 Å². The molecule has 0 aromatic heterocycles. The highest BCUT2D eigenvalue weighted by Gasteiger charge is 2.31. The number of amides is 1. The van der Waals surface area contributed by atoms with Crippen molar-refractivity contribution in [3.05, 3.63) is 29.8 Å². The van der Waals surface area contributed by atoms with E-state index < -0.39 is 10.0 Å². The summed E-state index contributed by atoms with van der Waals surface area (Å²) in [4.78, 5) is 13.7. The first-order chi connectivity index (χ1) is 10.4. The van der Waals surface area contributed by atoms with Gasteiger partial charge in [0.15, 0.2) is 0 Å². The van der Waals surface area contributed by atoms with E-state index in [1.54, 1.807) is 17.0 Å². The molecule has 0 saturated carbocycles. The minimum Gasteiger partial charge on any atom is -0.340 e.